The molecule has 0 bridgehead atoms. The second-order valence-electron chi connectivity index (χ2n) is 6.82. The lowest BCUT2D eigenvalue weighted by Gasteiger charge is -2.22. The van der Waals surface area contributed by atoms with Crippen molar-refractivity contribution in [3.05, 3.63) is 12.0 Å². The SMILES string of the molecule is Cn1ncc2c(N)nc(CN3CCCC(C)(C)CC3)nc21. The van der Waals surface area contributed by atoms with Crippen molar-refractivity contribution in [3.63, 3.8) is 0 Å². The molecule has 3 rings (SSSR count). The van der Waals surface area contributed by atoms with Gasteiger partial charge in [-0.2, -0.15) is 5.10 Å². The molecule has 6 nitrogen and oxygen atoms in total. The van der Waals surface area contributed by atoms with Crippen LogP contribution in [0.5, 0.6) is 0 Å². The van der Waals surface area contributed by atoms with Crippen molar-refractivity contribution in [3.8, 4) is 0 Å². The lowest BCUT2D eigenvalue weighted by molar-refractivity contribution is 0.251. The van der Waals surface area contributed by atoms with E-state index in [4.69, 9.17) is 5.73 Å². The highest BCUT2D eigenvalue weighted by Crippen LogP contribution is 2.30. The molecule has 3 heterocycles. The molecule has 0 saturated carbocycles. The van der Waals surface area contributed by atoms with Gasteiger partial charge >= 0.3 is 0 Å². The molecule has 1 aliphatic rings. The zero-order valence-corrected chi connectivity index (χ0v) is 13.1. The molecule has 21 heavy (non-hydrogen) atoms. The lowest BCUT2D eigenvalue weighted by Crippen LogP contribution is -2.26. The first-order valence-electron chi connectivity index (χ1n) is 7.61. The number of aryl methyl sites for hydroxylation is 1. The average Bonchev–Trinajstić information content (AvgIpc) is 2.69. The number of nitrogens with zero attached hydrogens (tertiary/aromatic N) is 5. The monoisotopic (exact) mass is 288 g/mol. The first-order chi connectivity index (χ1) is 9.94. The van der Waals surface area contributed by atoms with Crippen LogP contribution in [-0.2, 0) is 13.6 Å². The molecule has 6 heteroatoms. The third-order valence-corrected chi connectivity index (χ3v) is 4.47. The van der Waals surface area contributed by atoms with Crippen molar-refractivity contribution in [1.29, 1.82) is 0 Å². The van der Waals surface area contributed by atoms with Crippen LogP contribution < -0.4 is 5.73 Å². The van der Waals surface area contributed by atoms with E-state index in [0.717, 1.165) is 36.5 Å². The van der Waals surface area contributed by atoms with E-state index in [2.05, 4.69) is 33.8 Å². The summed E-state index contributed by atoms with van der Waals surface area (Å²) in [5.41, 5.74) is 7.28. The van der Waals surface area contributed by atoms with Gasteiger partial charge in [0.05, 0.1) is 18.1 Å². The van der Waals surface area contributed by atoms with Crippen molar-refractivity contribution in [2.75, 3.05) is 18.8 Å². The number of rotatable bonds is 2. The number of anilines is 1. The van der Waals surface area contributed by atoms with Crippen LogP contribution in [0.2, 0.25) is 0 Å². The first-order valence-corrected chi connectivity index (χ1v) is 7.61. The fourth-order valence-electron chi connectivity index (χ4n) is 3.00. The Bertz CT molecular complexity index is 645. The van der Waals surface area contributed by atoms with Crippen LogP contribution in [0.25, 0.3) is 11.0 Å². The van der Waals surface area contributed by atoms with Crippen molar-refractivity contribution >= 4 is 16.9 Å². The smallest absolute Gasteiger partial charge is 0.163 e. The van der Waals surface area contributed by atoms with Gasteiger partial charge in [-0.05, 0) is 37.8 Å². The molecule has 2 N–H and O–H groups in total. The van der Waals surface area contributed by atoms with Crippen LogP contribution in [0, 0.1) is 5.41 Å². The van der Waals surface area contributed by atoms with Crippen LogP contribution in [0.4, 0.5) is 5.82 Å². The van der Waals surface area contributed by atoms with Crippen molar-refractivity contribution < 1.29 is 0 Å². The molecule has 1 fully saturated rings. The maximum absolute atomic E-state index is 6.03. The summed E-state index contributed by atoms with van der Waals surface area (Å²) in [5, 5.41) is 5.03. The van der Waals surface area contributed by atoms with E-state index in [1.807, 2.05) is 7.05 Å². The van der Waals surface area contributed by atoms with Crippen LogP contribution in [-0.4, -0.2) is 37.7 Å². The third-order valence-electron chi connectivity index (χ3n) is 4.47. The van der Waals surface area contributed by atoms with Gasteiger partial charge < -0.3 is 5.73 Å². The Hall–Kier alpha value is -1.69. The summed E-state index contributed by atoms with van der Waals surface area (Å²) >= 11 is 0. The summed E-state index contributed by atoms with van der Waals surface area (Å²) < 4.78 is 1.75. The van der Waals surface area contributed by atoms with Gasteiger partial charge in [0.15, 0.2) is 5.65 Å². The van der Waals surface area contributed by atoms with Crippen LogP contribution in [0.15, 0.2) is 6.20 Å². The first kappa shape index (κ1) is 14.3. The second-order valence-corrected chi connectivity index (χ2v) is 6.82. The predicted octanol–water partition coefficient (Wildman–Crippen LogP) is 1.96. The molecule has 0 aliphatic carbocycles. The highest BCUT2D eigenvalue weighted by atomic mass is 15.3. The third kappa shape index (κ3) is 3.00. The predicted molar refractivity (Wildman–Crippen MR) is 83.6 cm³/mol. The highest BCUT2D eigenvalue weighted by molar-refractivity contribution is 5.84. The van der Waals surface area contributed by atoms with E-state index in [1.165, 1.54) is 19.3 Å². The van der Waals surface area contributed by atoms with Crippen molar-refractivity contribution in [1.82, 2.24) is 24.6 Å². The maximum Gasteiger partial charge on any atom is 0.163 e. The molecule has 2 aromatic rings. The van der Waals surface area contributed by atoms with Gasteiger partial charge in [-0.3, -0.25) is 9.58 Å². The number of fused-ring (bicyclic) bond motifs is 1. The van der Waals surface area contributed by atoms with E-state index < -0.39 is 0 Å². The standard InChI is InChI=1S/C15H24N6/c1-15(2)5-4-7-21(8-6-15)10-12-18-13(16)11-9-17-20(3)14(11)19-12/h9H,4-8,10H2,1-3H3,(H2,16,18,19). The number of hydrogen-bond acceptors (Lipinski definition) is 5. The van der Waals surface area contributed by atoms with Gasteiger partial charge in [-0.1, -0.05) is 13.8 Å². The van der Waals surface area contributed by atoms with Gasteiger partial charge in [0.1, 0.15) is 11.6 Å². The number of hydrogen-bond donors (Lipinski definition) is 1. The fourth-order valence-corrected chi connectivity index (χ4v) is 3.00. The zero-order valence-electron chi connectivity index (χ0n) is 13.1. The Morgan fingerprint density at radius 2 is 2.05 bits per heavy atom. The summed E-state index contributed by atoms with van der Waals surface area (Å²) in [6, 6.07) is 0. The summed E-state index contributed by atoms with van der Waals surface area (Å²) in [6.07, 6.45) is 5.46. The topological polar surface area (TPSA) is 72.9 Å². The molecule has 1 aliphatic heterocycles. The van der Waals surface area contributed by atoms with Crippen LogP contribution in [0.1, 0.15) is 38.9 Å². The van der Waals surface area contributed by atoms with Gasteiger partial charge in [-0.15, -0.1) is 0 Å². The van der Waals surface area contributed by atoms with Gasteiger partial charge in [0, 0.05) is 7.05 Å². The van der Waals surface area contributed by atoms with Gasteiger partial charge in [-0.25, -0.2) is 9.97 Å². The van der Waals surface area contributed by atoms with E-state index in [9.17, 15) is 0 Å². The van der Waals surface area contributed by atoms with Crippen molar-refractivity contribution in [2.24, 2.45) is 12.5 Å². The minimum absolute atomic E-state index is 0.445. The summed E-state index contributed by atoms with van der Waals surface area (Å²) in [6.45, 7) is 7.68. The molecular formula is C15H24N6. The molecule has 114 valence electrons. The Kier molecular flexibility index (Phi) is 3.57. The van der Waals surface area contributed by atoms with E-state index in [0.29, 0.717) is 11.2 Å². The van der Waals surface area contributed by atoms with E-state index in [1.54, 1.807) is 10.9 Å². The molecule has 0 spiro atoms. The lowest BCUT2D eigenvalue weighted by atomic mass is 9.85. The molecule has 0 radical (unpaired) electrons. The van der Waals surface area contributed by atoms with E-state index >= 15 is 0 Å². The average molecular weight is 288 g/mol. The fraction of sp³-hybridized carbons (Fsp3) is 0.667. The minimum Gasteiger partial charge on any atom is -0.383 e. The number of aromatic nitrogens is 4. The summed E-state index contributed by atoms with van der Waals surface area (Å²) in [4.78, 5) is 11.5. The normalized spacial score (nSPS) is 19.8. The molecule has 0 unspecified atom stereocenters. The highest BCUT2D eigenvalue weighted by Gasteiger charge is 2.23. The van der Waals surface area contributed by atoms with Crippen LogP contribution >= 0.6 is 0 Å². The Balaban J connectivity index is 1.80. The maximum atomic E-state index is 6.03. The van der Waals surface area contributed by atoms with Crippen LogP contribution in [0.3, 0.4) is 0 Å². The van der Waals surface area contributed by atoms with Gasteiger partial charge in [0.25, 0.3) is 0 Å². The Morgan fingerprint density at radius 3 is 2.86 bits per heavy atom. The Labute approximate surface area is 125 Å². The molecule has 0 atom stereocenters. The second kappa shape index (κ2) is 5.26. The number of likely N-dealkylation sites (tertiary alicyclic amines) is 1. The van der Waals surface area contributed by atoms with Crippen molar-refractivity contribution in [2.45, 2.75) is 39.7 Å². The zero-order chi connectivity index (χ0) is 15.0. The van der Waals surface area contributed by atoms with Gasteiger partial charge in [0.2, 0.25) is 0 Å². The molecular weight excluding hydrogens is 264 g/mol. The largest absolute Gasteiger partial charge is 0.383 e. The summed E-state index contributed by atoms with van der Waals surface area (Å²) in [7, 11) is 1.88. The molecule has 2 aromatic heterocycles. The molecule has 0 amide bonds. The summed E-state index contributed by atoms with van der Waals surface area (Å²) in [5.74, 6) is 1.32. The minimum atomic E-state index is 0.445. The molecule has 1 saturated heterocycles. The van der Waals surface area contributed by atoms with E-state index in [-0.39, 0.29) is 0 Å². The quantitative estimate of drug-likeness (QED) is 0.914. The Morgan fingerprint density at radius 1 is 1.24 bits per heavy atom. The number of nitrogen functional groups attached to an aromatic ring is 1. The molecule has 0 aromatic carbocycles. The number of nitrogens with two attached hydrogens (primary N) is 1.